The van der Waals surface area contributed by atoms with Gasteiger partial charge in [0.1, 0.15) is 5.84 Å². The quantitative estimate of drug-likeness (QED) is 0.145. The van der Waals surface area contributed by atoms with E-state index in [1.165, 1.54) is 0 Å². The molecular weight excluding hydrogens is 144 g/mol. The highest BCUT2D eigenvalue weighted by Gasteiger charge is 2.09. The van der Waals surface area contributed by atoms with Crippen molar-refractivity contribution < 1.29 is 4.79 Å². The predicted molar refractivity (Wildman–Crippen MR) is 43.4 cm³/mol. The molecule has 0 radical (unpaired) electrons. The highest BCUT2D eigenvalue weighted by atomic mass is 16.1. The van der Waals surface area contributed by atoms with E-state index in [4.69, 9.17) is 5.84 Å². The van der Waals surface area contributed by atoms with Crippen molar-refractivity contribution in [1.82, 2.24) is 10.4 Å². The van der Waals surface area contributed by atoms with Gasteiger partial charge in [-0.2, -0.15) is 5.10 Å². The number of nitrogens with one attached hydrogen (secondary N) is 1. The van der Waals surface area contributed by atoms with E-state index in [1.807, 2.05) is 13.8 Å². The van der Waals surface area contributed by atoms with E-state index < -0.39 is 0 Å². The molecule has 0 rings (SSSR count). The fraction of sp³-hybridized carbons (Fsp3) is 0.667. The summed E-state index contributed by atoms with van der Waals surface area (Å²) in [5, 5.41) is 4.79. The van der Waals surface area contributed by atoms with Crippen LogP contribution in [0.5, 0.6) is 0 Å². The first-order valence-electron chi connectivity index (χ1n) is 3.37. The predicted octanol–water partition coefficient (Wildman–Crippen LogP) is -0.493. The molecule has 0 spiro atoms. The maximum atomic E-state index is 10.2. The second-order valence-electron chi connectivity index (χ2n) is 2.36. The van der Waals surface area contributed by atoms with E-state index in [-0.39, 0.29) is 5.92 Å². The lowest BCUT2D eigenvalue weighted by Crippen LogP contribution is -2.40. The lowest BCUT2D eigenvalue weighted by molar-refractivity contribution is -0.115. The molecule has 0 aromatic rings. The zero-order valence-corrected chi connectivity index (χ0v) is 7.03. The third kappa shape index (κ3) is 2.99. The number of hydrazone groups is 1. The fourth-order valence-electron chi connectivity index (χ4n) is 0.654. The Morgan fingerprint density at radius 3 is 2.55 bits per heavy atom. The van der Waals surface area contributed by atoms with Gasteiger partial charge in [-0.05, 0) is 0 Å². The molecule has 1 amide bonds. The van der Waals surface area contributed by atoms with Gasteiger partial charge in [0.25, 0.3) is 0 Å². The van der Waals surface area contributed by atoms with Crippen LogP contribution < -0.4 is 11.3 Å². The molecule has 0 aromatic carbocycles. The van der Waals surface area contributed by atoms with Crippen molar-refractivity contribution >= 4 is 12.2 Å². The minimum Gasteiger partial charge on any atom is -0.311 e. The third-order valence-electron chi connectivity index (χ3n) is 1.12. The number of amides is 1. The maximum absolute atomic E-state index is 10.2. The number of carbonyl (C=O) groups is 1. The molecule has 0 atom stereocenters. The second-order valence-corrected chi connectivity index (χ2v) is 2.36. The summed E-state index contributed by atoms with van der Waals surface area (Å²) in [7, 11) is 1.65. The average Bonchev–Trinajstić information content (AvgIpc) is 1.98. The number of nitrogens with zero attached hydrogens (tertiary/aromatic N) is 2. The summed E-state index contributed by atoms with van der Waals surface area (Å²) in [6.07, 6.45) is 0.524. The topological polar surface area (TPSA) is 70.7 Å². The summed E-state index contributed by atoms with van der Waals surface area (Å²) < 4.78 is 0. The lowest BCUT2D eigenvalue weighted by Gasteiger charge is -2.15. The summed E-state index contributed by atoms with van der Waals surface area (Å²) in [4.78, 5) is 10.2. The van der Waals surface area contributed by atoms with Crippen LogP contribution in [0.15, 0.2) is 5.10 Å². The minimum absolute atomic E-state index is 0.123. The molecule has 0 bridgehead atoms. The molecule has 0 aromatic heterocycles. The molecule has 0 aliphatic carbocycles. The molecule has 11 heavy (non-hydrogen) atoms. The van der Waals surface area contributed by atoms with Crippen molar-refractivity contribution in [2.75, 3.05) is 7.05 Å². The number of hydrogen-bond donors (Lipinski definition) is 2. The van der Waals surface area contributed by atoms with Crippen LogP contribution in [0.2, 0.25) is 0 Å². The molecule has 3 N–H and O–H groups in total. The van der Waals surface area contributed by atoms with Crippen molar-refractivity contribution in [3.63, 3.8) is 0 Å². The van der Waals surface area contributed by atoms with Gasteiger partial charge in [0.05, 0.1) is 0 Å². The number of nitrogens with two attached hydrogens (primary N) is 1. The Hall–Kier alpha value is -1.10. The lowest BCUT2D eigenvalue weighted by atomic mass is 10.2. The van der Waals surface area contributed by atoms with Gasteiger partial charge >= 0.3 is 0 Å². The fourth-order valence-corrected chi connectivity index (χ4v) is 0.654. The summed E-state index contributed by atoms with van der Waals surface area (Å²) in [6, 6.07) is 0. The molecule has 0 heterocycles. The van der Waals surface area contributed by atoms with Gasteiger partial charge in [0, 0.05) is 13.0 Å². The van der Waals surface area contributed by atoms with Crippen LogP contribution in [0.1, 0.15) is 13.8 Å². The van der Waals surface area contributed by atoms with Gasteiger partial charge in [0.15, 0.2) is 0 Å². The highest BCUT2D eigenvalue weighted by molar-refractivity contribution is 5.91. The molecular formula is C6H14N4O. The van der Waals surface area contributed by atoms with Gasteiger partial charge in [0.2, 0.25) is 6.41 Å². The van der Waals surface area contributed by atoms with Crippen molar-refractivity contribution in [2.24, 2.45) is 16.9 Å². The highest BCUT2D eigenvalue weighted by Crippen LogP contribution is 1.96. The first kappa shape index (κ1) is 9.90. The van der Waals surface area contributed by atoms with E-state index in [0.717, 1.165) is 5.01 Å². The van der Waals surface area contributed by atoms with E-state index in [1.54, 1.807) is 7.05 Å². The van der Waals surface area contributed by atoms with Crippen LogP contribution in [0.4, 0.5) is 0 Å². The van der Waals surface area contributed by atoms with Crippen LogP contribution >= 0.6 is 0 Å². The van der Waals surface area contributed by atoms with Crippen LogP contribution in [0.25, 0.3) is 0 Å². The number of rotatable bonds is 3. The Morgan fingerprint density at radius 2 is 2.27 bits per heavy atom. The summed E-state index contributed by atoms with van der Waals surface area (Å²) >= 11 is 0. The van der Waals surface area contributed by atoms with Crippen molar-refractivity contribution in [2.45, 2.75) is 13.8 Å². The molecule has 0 aliphatic rings. The number of amidine groups is 1. The van der Waals surface area contributed by atoms with Gasteiger partial charge in [-0.15, -0.1) is 0 Å². The molecule has 0 saturated heterocycles. The number of hydrogen-bond acceptors (Lipinski definition) is 4. The summed E-state index contributed by atoms with van der Waals surface area (Å²) in [5.41, 5.74) is 2.57. The normalized spacial score (nSPS) is 11.5. The largest absolute Gasteiger partial charge is 0.311 e. The Morgan fingerprint density at radius 1 is 1.73 bits per heavy atom. The standard InChI is InChI=1S/C6H14N4O/c1-5(2)6(9-8-3)10(7)4-11/h4-5,8H,7H2,1-3H3/b9-6-. The van der Waals surface area contributed by atoms with Gasteiger partial charge in [-0.1, -0.05) is 13.8 Å². The van der Waals surface area contributed by atoms with Gasteiger partial charge < -0.3 is 5.43 Å². The summed E-state index contributed by atoms with van der Waals surface area (Å²) in [5.74, 6) is 5.94. The minimum atomic E-state index is 0.123. The Bertz CT molecular complexity index is 155. The van der Waals surface area contributed by atoms with E-state index in [0.29, 0.717) is 12.2 Å². The van der Waals surface area contributed by atoms with E-state index >= 15 is 0 Å². The molecule has 0 aliphatic heterocycles. The number of carbonyl (C=O) groups excluding carboxylic acids is 1. The van der Waals surface area contributed by atoms with Crippen LogP contribution in [-0.2, 0) is 4.79 Å². The molecule has 5 heteroatoms. The second kappa shape index (κ2) is 4.68. The molecule has 5 nitrogen and oxygen atoms in total. The van der Waals surface area contributed by atoms with Gasteiger partial charge in [-0.25, -0.2) is 10.9 Å². The Labute approximate surface area is 66.2 Å². The van der Waals surface area contributed by atoms with Crippen LogP contribution in [0.3, 0.4) is 0 Å². The monoisotopic (exact) mass is 158 g/mol. The molecule has 0 unspecified atom stereocenters. The van der Waals surface area contributed by atoms with Crippen molar-refractivity contribution in [1.29, 1.82) is 0 Å². The zero-order valence-electron chi connectivity index (χ0n) is 7.03. The van der Waals surface area contributed by atoms with E-state index in [2.05, 4.69) is 10.5 Å². The number of hydrazine groups is 1. The van der Waals surface area contributed by atoms with Crippen molar-refractivity contribution in [3.8, 4) is 0 Å². The first-order chi connectivity index (χ1) is 5.13. The first-order valence-corrected chi connectivity index (χ1v) is 3.37. The van der Waals surface area contributed by atoms with Gasteiger partial charge in [-0.3, -0.25) is 4.79 Å². The average molecular weight is 158 g/mol. The van der Waals surface area contributed by atoms with Crippen molar-refractivity contribution in [3.05, 3.63) is 0 Å². The van der Waals surface area contributed by atoms with E-state index in [9.17, 15) is 4.79 Å². The smallest absolute Gasteiger partial charge is 0.229 e. The Balaban J connectivity index is 4.33. The molecule has 0 saturated carbocycles. The molecule has 64 valence electrons. The van der Waals surface area contributed by atoms with Crippen LogP contribution in [-0.4, -0.2) is 24.3 Å². The summed E-state index contributed by atoms with van der Waals surface area (Å²) in [6.45, 7) is 3.80. The maximum Gasteiger partial charge on any atom is 0.229 e. The third-order valence-corrected chi connectivity index (χ3v) is 1.12. The molecule has 0 fully saturated rings. The Kier molecular flexibility index (Phi) is 4.21. The zero-order chi connectivity index (χ0) is 8.85. The SMILES string of the molecule is CN/N=C(/C(C)C)N(N)C=O. The van der Waals surface area contributed by atoms with Crippen LogP contribution in [0, 0.1) is 5.92 Å².